The van der Waals surface area contributed by atoms with E-state index in [0.29, 0.717) is 37.0 Å². The van der Waals surface area contributed by atoms with E-state index in [1.54, 1.807) is 51.9 Å². The fraction of sp³-hybridized carbons (Fsp3) is 0.450. The number of thiophene rings is 1. The molecule has 3 rings (SSSR count). The molecule has 1 aliphatic rings. The molecule has 0 radical (unpaired) electrons. The van der Waals surface area contributed by atoms with E-state index < -0.39 is 10.0 Å². The summed E-state index contributed by atoms with van der Waals surface area (Å²) in [5, 5.41) is 4.00. The molecule has 1 aliphatic heterocycles. The number of hydrogen-bond acceptors (Lipinski definition) is 4. The monoisotopic (exact) mass is 406 g/mol. The van der Waals surface area contributed by atoms with Crippen molar-refractivity contribution in [2.75, 3.05) is 20.1 Å². The number of carbonyl (C=O) groups is 1. The lowest BCUT2D eigenvalue weighted by Crippen LogP contribution is -2.42. The molecule has 5 nitrogen and oxygen atoms in total. The predicted octanol–water partition coefficient (Wildman–Crippen LogP) is 3.69. The Balaban J connectivity index is 1.73. The first-order valence-corrected chi connectivity index (χ1v) is 11.5. The second kappa shape index (κ2) is 8.12. The van der Waals surface area contributed by atoms with Crippen LogP contribution in [-0.4, -0.2) is 43.7 Å². The molecule has 1 saturated heterocycles. The average molecular weight is 407 g/mol. The Morgan fingerprint density at radius 1 is 1.15 bits per heavy atom. The lowest BCUT2D eigenvalue weighted by atomic mass is 9.94. The molecule has 1 aromatic carbocycles. The van der Waals surface area contributed by atoms with Crippen molar-refractivity contribution in [2.45, 2.75) is 31.7 Å². The third kappa shape index (κ3) is 4.59. The van der Waals surface area contributed by atoms with Gasteiger partial charge in [0.25, 0.3) is 5.91 Å². The topological polar surface area (TPSA) is 57.7 Å². The number of nitrogens with zero attached hydrogens (tertiary/aromatic N) is 2. The first-order valence-electron chi connectivity index (χ1n) is 9.14. The molecular weight excluding hydrogens is 380 g/mol. The Kier molecular flexibility index (Phi) is 6.03. The first kappa shape index (κ1) is 20.0. The van der Waals surface area contributed by atoms with Crippen LogP contribution in [0.3, 0.4) is 0 Å². The van der Waals surface area contributed by atoms with Gasteiger partial charge < -0.3 is 4.90 Å². The highest BCUT2D eigenvalue weighted by molar-refractivity contribution is 7.89. The van der Waals surface area contributed by atoms with Gasteiger partial charge in [0.05, 0.1) is 4.90 Å². The zero-order chi connectivity index (χ0) is 19.6. The van der Waals surface area contributed by atoms with Crippen molar-refractivity contribution in [3.05, 3.63) is 52.2 Å². The molecule has 0 spiro atoms. The van der Waals surface area contributed by atoms with Gasteiger partial charge in [-0.05, 0) is 64.9 Å². The fourth-order valence-corrected chi connectivity index (χ4v) is 6.01. The highest BCUT2D eigenvalue weighted by Crippen LogP contribution is 2.27. The molecule has 0 bridgehead atoms. The van der Waals surface area contributed by atoms with Crippen LogP contribution in [-0.2, 0) is 16.6 Å². The minimum atomic E-state index is -3.52. The minimum Gasteiger partial charge on any atom is -0.337 e. The maximum atomic E-state index is 12.9. The Labute approximate surface area is 165 Å². The molecule has 7 heteroatoms. The normalized spacial score (nSPS) is 21.1. The van der Waals surface area contributed by atoms with Crippen LogP contribution >= 0.6 is 11.3 Å². The third-order valence-electron chi connectivity index (χ3n) is 4.92. The Morgan fingerprint density at radius 3 is 2.33 bits per heavy atom. The van der Waals surface area contributed by atoms with E-state index in [9.17, 15) is 13.2 Å². The summed E-state index contributed by atoms with van der Waals surface area (Å²) in [6, 6.07) is 8.30. The number of benzene rings is 1. The first-order chi connectivity index (χ1) is 12.8. The van der Waals surface area contributed by atoms with Gasteiger partial charge in [-0.3, -0.25) is 4.79 Å². The summed E-state index contributed by atoms with van der Waals surface area (Å²) in [5.74, 6) is 0.593. The van der Waals surface area contributed by atoms with Crippen LogP contribution in [0.4, 0.5) is 0 Å². The van der Waals surface area contributed by atoms with Gasteiger partial charge in [-0.2, -0.15) is 15.6 Å². The lowest BCUT2D eigenvalue weighted by molar-refractivity contribution is 0.0785. The predicted molar refractivity (Wildman–Crippen MR) is 108 cm³/mol. The third-order valence-corrected chi connectivity index (χ3v) is 7.50. The van der Waals surface area contributed by atoms with Gasteiger partial charge in [0.2, 0.25) is 10.0 Å². The van der Waals surface area contributed by atoms with Gasteiger partial charge in [0.1, 0.15) is 0 Å². The molecule has 1 amide bonds. The second-order valence-electron chi connectivity index (χ2n) is 7.59. The Bertz CT molecular complexity index is 866. The molecule has 0 N–H and O–H groups in total. The zero-order valence-corrected chi connectivity index (χ0v) is 17.6. The Hall–Kier alpha value is -1.70. The second-order valence-corrected chi connectivity index (χ2v) is 10.3. The minimum absolute atomic E-state index is 0.120. The van der Waals surface area contributed by atoms with Crippen molar-refractivity contribution in [1.29, 1.82) is 0 Å². The maximum Gasteiger partial charge on any atom is 0.253 e. The van der Waals surface area contributed by atoms with E-state index in [2.05, 4.69) is 13.8 Å². The fourth-order valence-electron chi connectivity index (χ4n) is 3.67. The van der Waals surface area contributed by atoms with Gasteiger partial charge in [0.15, 0.2) is 0 Å². The largest absolute Gasteiger partial charge is 0.337 e. The van der Waals surface area contributed by atoms with Crippen LogP contribution < -0.4 is 0 Å². The van der Waals surface area contributed by atoms with Gasteiger partial charge in [-0.25, -0.2) is 8.42 Å². The number of hydrogen-bond donors (Lipinski definition) is 0. The molecule has 0 aliphatic carbocycles. The van der Waals surface area contributed by atoms with Crippen LogP contribution in [0.25, 0.3) is 0 Å². The number of amides is 1. The summed E-state index contributed by atoms with van der Waals surface area (Å²) in [6.07, 6.45) is 1.05. The van der Waals surface area contributed by atoms with E-state index in [4.69, 9.17) is 0 Å². The highest BCUT2D eigenvalue weighted by atomic mass is 32.2. The summed E-state index contributed by atoms with van der Waals surface area (Å²) in [6.45, 7) is 5.81. The Morgan fingerprint density at radius 2 is 1.78 bits per heavy atom. The molecule has 1 fully saturated rings. The number of piperidine rings is 1. The summed E-state index contributed by atoms with van der Waals surface area (Å²) >= 11 is 1.60. The summed E-state index contributed by atoms with van der Waals surface area (Å²) < 4.78 is 27.4. The molecule has 2 heterocycles. The van der Waals surface area contributed by atoms with E-state index in [1.165, 1.54) is 0 Å². The van der Waals surface area contributed by atoms with Crippen molar-refractivity contribution >= 4 is 27.3 Å². The van der Waals surface area contributed by atoms with Crippen molar-refractivity contribution in [1.82, 2.24) is 9.21 Å². The molecule has 2 atom stereocenters. The van der Waals surface area contributed by atoms with E-state index in [-0.39, 0.29) is 10.8 Å². The van der Waals surface area contributed by atoms with Crippen LogP contribution in [0.5, 0.6) is 0 Å². The maximum absolute atomic E-state index is 12.9. The van der Waals surface area contributed by atoms with Crippen LogP contribution in [0.15, 0.2) is 46.0 Å². The summed E-state index contributed by atoms with van der Waals surface area (Å²) in [5.41, 5.74) is 1.58. The van der Waals surface area contributed by atoms with Crippen molar-refractivity contribution < 1.29 is 13.2 Å². The van der Waals surface area contributed by atoms with Gasteiger partial charge >= 0.3 is 0 Å². The standard InChI is InChI=1S/C20H26N2O3S2/c1-15-10-16(2)12-22(11-15)27(24,25)19-6-4-18(5-7-19)20(23)21(3)13-17-8-9-26-14-17/h4-9,14-16H,10-13H2,1-3H3/t15-,16-/m0/s1. The van der Waals surface area contributed by atoms with E-state index in [0.717, 1.165) is 12.0 Å². The van der Waals surface area contributed by atoms with Crippen LogP contribution in [0, 0.1) is 11.8 Å². The van der Waals surface area contributed by atoms with E-state index in [1.807, 2.05) is 16.8 Å². The molecule has 0 unspecified atom stereocenters. The van der Waals surface area contributed by atoms with Crippen LogP contribution in [0.2, 0.25) is 0 Å². The van der Waals surface area contributed by atoms with Gasteiger partial charge in [0, 0.05) is 32.2 Å². The van der Waals surface area contributed by atoms with Crippen LogP contribution in [0.1, 0.15) is 36.2 Å². The lowest BCUT2D eigenvalue weighted by Gasteiger charge is -2.34. The van der Waals surface area contributed by atoms with Crippen molar-refractivity contribution in [2.24, 2.45) is 11.8 Å². The quantitative estimate of drug-likeness (QED) is 0.761. The van der Waals surface area contributed by atoms with Crippen molar-refractivity contribution in [3.63, 3.8) is 0 Å². The van der Waals surface area contributed by atoms with Crippen molar-refractivity contribution in [3.8, 4) is 0 Å². The number of sulfonamides is 1. The zero-order valence-electron chi connectivity index (χ0n) is 16.0. The molecule has 2 aromatic rings. The molecule has 146 valence electrons. The number of carbonyl (C=O) groups excluding carboxylic acids is 1. The molecular formula is C20H26N2O3S2. The highest BCUT2D eigenvalue weighted by Gasteiger charge is 2.31. The van der Waals surface area contributed by atoms with E-state index >= 15 is 0 Å². The smallest absolute Gasteiger partial charge is 0.253 e. The molecule has 1 aromatic heterocycles. The summed E-state index contributed by atoms with van der Waals surface area (Å²) in [4.78, 5) is 14.5. The van der Waals surface area contributed by atoms with Gasteiger partial charge in [-0.15, -0.1) is 0 Å². The molecule has 0 saturated carbocycles. The summed E-state index contributed by atoms with van der Waals surface area (Å²) in [7, 11) is -1.77. The molecule has 27 heavy (non-hydrogen) atoms. The van der Waals surface area contributed by atoms with Gasteiger partial charge in [-0.1, -0.05) is 13.8 Å². The average Bonchev–Trinajstić information content (AvgIpc) is 3.13. The SMILES string of the molecule is C[C@H]1C[C@H](C)CN(S(=O)(=O)c2ccc(C(=O)N(C)Cc3ccsc3)cc2)C1. The number of rotatable bonds is 5.